The molecule has 0 fully saturated rings. The van der Waals surface area contributed by atoms with E-state index in [1.54, 1.807) is 19.2 Å². The second kappa shape index (κ2) is 6.39. The fourth-order valence-electron chi connectivity index (χ4n) is 1.97. The van der Waals surface area contributed by atoms with Crippen LogP contribution in [-0.2, 0) is 4.79 Å². The summed E-state index contributed by atoms with van der Waals surface area (Å²) in [6, 6.07) is 10.9. The Labute approximate surface area is 128 Å². The molecule has 2 amide bonds. The summed E-state index contributed by atoms with van der Waals surface area (Å²) in [6.07, 6.45) is 0. The molecule has 0 aliphatic rings. The molecular formula is C17H17FN2O2. The summed E-state index contributed by atoms with van der Waals surface area (Å²) in [7, 11) is 1.57. The Morgan fingerprint density at radius 2 is 1.73 bits per heavy atom. The topological polar surface area (TPSA) is 49.4 Å². The smallest absolute Gasteiger partial charge is 0.255 e. The van der Waals surface area contributed by atoms with Crippen molar-refractivity contribution in [3.8, 4) is 0 Å². The summed E-state index contributed by atoms with van der Waals surface area (Å²) in [5, 5.41) is 2.65. The summed E-state index contributed by atoms with van der Waals surface area (Å²) in [4.78, 5) is 25.1. The summed E-state index contributed by atoms with van der Waals surface area (Å²) >= 11 is 0. The van der Waals surface area contributed by atoms with Crippen molar-refractivity contribution in [3.63, 3.8) is 0 Å². The number of halogens is 1. The number of nitrogens with zero attached hydrogens (tertiary/aromatic N) is 1. The zero-order valence-corrected chi connectivity index (χ0v) is 12.7. The molecule has 0 saturated heterocycles. The molecule has 4 nitrogen and oxygen atoms in total. The first-order valence-electron chi connectivity index (χ1n) is 6.80. The lowest BCUT2D eigenvalue weighted by atomic mass is 10.1. The van der Waals surface area contributed by atoms with Gasteiger partial charge in [-0.2, -0.15) is 0 Å². The van der Waals surface area contributed by atoms with Crippen LogP contribution >= 0.6 is 0 Å². The molecule has 0 unspecified atom stereocenters. The number of carbonyl (C=O) groups excluding carboxylic acids is 2. The van der Waals surface area contributed by atoms with Gasteiger partial charge in [0.2, 0.25) is 5.91 Å². The minimum Gasteiger partial charge on any atom is -0.320 e. The average molecular weight is 300 g/mol. The Hall–Kier alpha value is -2.69. The van der Waals surface area contributed by atoms with Gasteiger partial charge in [-0.1, -0.05) is 17.7 Å². The molecule has 0 aliphatic heterocycles. The second-order valence-electron chi connectivity index (χ2n) is 5.06. The molecule has 0 bridgehead atoms. The quantitative estimate of drug-likeness (QED) is 0.945. The van der Waals surface area contributed by atoms with Crippen molar-refractivity contribution >= 4 is 23.2 Å². The molecule has 1 N–H and O–H groups in total. The molecule has 0 radical (unpaired) electrons. The van der Waals surface area contributed by atoms with Gasteiger partial charge in [0.05, 0.1) is 11.4 Å². The first-order chi connectivity index (χ1) is 10.4. The molecule has 0 spiro atoms. The molecule has 0 heterocycles. The Morgan fingerprint density at radius 1 is 1.09 bits per heavy atom. The Bertz CT molecular complexity index is 711. The fourth-order valence-corrected chi connectivity index (χ4v) is 1.97. The van der Waals surface area contributed by atoms with Gasteiger partial charge in [-0.3, -0.25) is 9.59 Å². The molecule has 22 heavy (non-hydrogen) atoms. The van der Waals surface area contributed by atoms with Crippen LogP contribution in [0.2, 0.25) is 0 Å². The number of aryl methyl sites for hydroxylation is 1. The minimum absolute atomic E-state index is 0.211. The van der Waals surface area contributed by atoms with E-state index in [0.29, 0.717) is 11.3 Å². The van der Waals surface area contributed by atoms with E-state index in [1.165, 1.54) is 30.0 Å². The number of hydrogen-bond acceptors (Lipinski definition) is 2. The molecule has 2 aromatic rings. The van der Waals surface area contributed by atoms with Crippen molar-refractivity contribution in [2.45, 2.75) is 13.8 Å². The number of nitrogens with one attached hydrogen (secondary N) is 1. The molecule has 0 aliphatic carbocycles. The van der Waals surface area contributed by atoms with Gasteiger partial charge in [0, 0.05) is 19.5 Å². The van der Waals surface area contributed by atoms with Crippen molar-refractivity contribution in [1.29, 1.82) is 0 Å². The SMILES string of the molecule is CC(=O)N(C)c1ccc(F)cc1NC(=O)c1ccc(C)cc1. The lowest BCUT2D eigenvalue weighted by molar-refractivity contribution is -0.116. The van der Waals surface area contributed by atoms with Gasteiger partial charge in [0.15, 0.2) is 0 Å². The molecule has 2 rings (SSSR count). The van der Waals surface area contributed by atoms with E-state index in [2.05, 4.69) is 5.32 Å². The minimum atomic E-state index is -0.486. The summed E-state index contributed by atoms with van der Waals surface area (Å²) in [6.45, 7) is 3.32. The largest absolute Gasteiger partial charge is 0.320 e. The zero-order chi connectivity index (χ0) is 16.3. The van der Waals surface area contributed by atoms with Crippen LogP contribution in [0.1, 0.15) is 22.8 Å². The molecule has 0 atom stereocenters. The van der Waals surface area contributed by atoms with Crippen molar-refractivity contribution in [2.24, 2.45) is 0 Å². The van der Waals surface area contributed by atoms with Crippen LogP contribution < -0.4 is 10.2 Å². The normalized spacial score (nSPS) is 10.2. The lowest BCUT2D eigenvalue weighted by Crippen LogP contribution is -2.25. The Kier molecular flexibility index (Phi) is 4.56. The molecule has 5 heteroatoms. The van der Waals surface area contributed by atoms with Crippen LogP contribution in [0.3, 0.4) is 0 Å². The predicted octanol–water partition coefficient (Wildman–Crippen LogP) is 3.37. The molecular weight excluding hydrogens is 283 g/mol. The Balaban J connectivity index is 2.32. The average Bonchev–Trinajstić information content (AvgIpc) is 2.47. The third-order valence-corrected chi connectivity index (χ3v) is 3.35. The van der Waals surface area contributed by atoms with Crippen molar-refractivity contribution in [2.75, 3.05) is 17.3 Å². The van der Waals surface area contributed by atoms with E-state index in [0.717, 1.165) is 5.56 Å². The number of anilines is 2. The first-order valence-corrected chi connectivity index (χ1v) is 6.80. The maximum absolute atomic E-state index is 13.5. The highest BCUT2D eigenvalue weighted by Gasteiger charge is 2.15. The molecule has 2 aromatic carbocycles. The molecule has 0 saturated carbocycles. The van der Waals surface area contributed by atoms with E-state index in [-0.39, 0.29) is 17.5 Å². The van der Waals surface area contributed by atoms with Crippen molar-refractivity contribution < 1.29 is 14.0 Å². The van der Waals surface area contributed by atoms with Crippen molar-refractivity contribution in [3.05, 3.63) is 59.4 Å². The maximum Gasteiger partial charge on any atom is 0.255 e. The number of amides is 2. The highest BCUT2D eigenvalue weighted by atomic mass is 19.1. The van der Waals surface area contributed by atoms with E-state index in [1.807, 2.05) is 19.1 Å². The molecule has 0 aromatic heterocycles. The number of carbonyl (C=O) groups is 2. The van der Waals surface area contributed by atoms with Gasteiger partial charge in [-0.25, -0.2) is 4.39 Å². The van der Waals surface area contributed by atoms with Gasteiger partial charge in [0.1, 0.15) is 5.82 Å². The predicted molar refractivity (Wildman–Crippen MR) is 84.6 cm³/mol. The zero-order valence-electron chi connectivity index (χ0n) is 12.7. The van der Waals surface area contributed by atoms with E-state index >= 15 is 0 Å². The Morgan fingerprint density at radius 3 is 2.32 bits per heavy atom. The van der Waals surface area contributed by atoms with E-state index in [9.17, 15) is 14.0 Å². The van der Waals surface area contributed by atoms with Gasteiger partial charge in [0.25, 0.3) is 5.91 Å². The van der Waals surface area contributed by atoms with Crippen molar-refractivity contribution in [1.82, 2.24) is 0 Å². The van der Waals surface area contributed by atoms with E-state index < -0.39 is 5.82 Å². The number of benzene rings is 2. The highest BCUT2D eigenvalue weighted by molar-refractivity contribution is 6.07. The van der Waals surface area contributed by atoms with Crippen LogP contribution in [0.4, 0.5) is 15.8 Å². The van der Waals surface area contributed by atoms with Crippen LogP contribution in [-0.4, -0.2) is 18.9 Å². The summed E-state index contributed by atoms with van der Waals surface area (Å²) in [5.41, 5.74) is 2.20. The van der Waals surface area contributed by atoms with Crippen LogP contribution in [0.15, 0.2) is 42.5 Å². The third-order valence-electron chi connectivity index (χ3n) is 3.35. The van der Waals surface area contributed by atoms with Gasteiger partial charge < -0.3 is 10.2 Å². The van der Waals surface area contributed by atoms with Crippen LogP contribution in [0.5, 0.6) is 0 Å². The standard InChI is InChI=1S/C17H17FN2O2/c1-11-4-6-13(7-5-11)17(22)19-15-10-14(18)8-9-16(15)20(3)12(2)21/h4-10H,1-3H3,(H,19,22). The third kappa shape index (κ3) is 3.49. The van der Waals surface area contributed by atoms with Crippen LogP contribution in [0, 0.1) is 12.7 Å². The maximum atomic E-state index is 13.5. The van der Waals surface area contributed by atoms with Gasteiger partial charge in [-0.05, 0) is 37.3 Å². The number of hydrogen-bond donors (Lipinski definition) is 1. The van der Waals surface area contributed by atoms with E-state index in [4.69, 9.17) is 0 Å². The fraction of sp³-hybridized carbons (Fsp3) is 0.176. The lowest BCUT2D eigenvalue weighted by Gasteiger charge is -2.19. The summed E-state index contributed by atoms with van der Waals surface area (Å²) in [5.74, 6) is -1.05. The first kappa shape index (κ1) is 15.7. The summed E-state index contributed by atoms with van der Waals surface area (Å²) < 4.78 is 13.5. The highest BCUT2D eigenvalue weighted by Crippen LogP contribution is 2.26. The second-order valence-corrected chi connectivity index (χ2v) is 5.06. The van der Waals surface area contributed by atoms with Gasteiger partial charge in [-0.15, -0.1) is 0 Å². The molecule has 114 valence electrons. The number of rotatable bonds is 3. The monoisotopic (exact) mass is 300 g/mol. The van der Waals surface area contributed by atoms with Gasteiger partial charge >= 0.3 is 0 Å². The van der Waals surface area contributed by atoms with Crippen LogP contribution in [0.25, 0.3) is 0 Å².